The van der Waals surface area contributed by atoms with Gasteiger partial charge in [0.2, 0.25) is 0 Å². The Kier molecular flexibility index (Phi) is 3.74. The number of carboxylic acid groups (broad SMARTS) is 1. The summed E-state index contributed by atoms with van der Waals surface area (Å²) in [6.45, 7) is 1.73. The Morgan fingerprint density at radius 1 is 1.25 bits per heavy atom. The molecule has 102 valence electrons. The van der Waals surface area contributed by atoms with Crippen LogP contribution in [0.25, 0.3) is 0 Å². The molecule has 5 nitrogen and oxygen atoms in total. The van der Waals surface area contributed by atoms with E-state index in [9.17, 15) is 14.0 Å². The summed E-state index contributed by atoms with van der Waals surface area (Å²) < 4.78 is 13.1. The number of carbonyl (C=O) groups excluding carboxylic acids is 1. The third-order valence-corrected chi connectivity index (χ3v) is 2.69. The maximum Gasteiger partial charge on any atom is 0.354 e. The first kappa shape index (κ1) is 13.7. The largest absolute Gasteiger partial charge is 0.477 e. The maximum absolute atomic E-state index is 13.1. The Bertz CT molecular complexity index is 686. The van der Waals surface area contributed by atoms with Crippen LogP contribution in [-0.4, -0.2) is 22.0 Å². The third-order valence-electron chi connectivity index (χ3n) is 2.69. The lowest BCUT2D eigenvalue weighted by atomic mass is 10.1. The van der Waals surface area contributed by atoms with Gasteiger partial charge in [-0.15, -0.1) is 0 Å². The van der Waals surface area contributed by atoms with Gasteiger partial charge in [0.15, 0.2) is 0 Å². The van der Waals surface area contributed by atoms with Gasteiger partial charge in [0.25, 0.3) is 5.91 Å². The van der Waals surface area contributed by atoms with Crippen molar-refractivity contribution >= 4 is 17.6 Å². The number of aromatic nitrogens is 1. The van der Waals surface area contributed by atoms with Gasteiger partial charge in [-0.2, -0.15) is 0 Å². The molecule has 1 amide bonds. The average Bonchev–Trinajstić information content (AvgIpc) is 2.43. The fraction of sp³-hybridized carbons (Fsp3) is 0.0714. The van der Waals surface area contributed by atoms with E-state index in [2.05, 4.69) is 10.3 Å². The van der Waals surface area contributed by atoms with Crippen molar-refractivity contribution in [3.8, 4) is 0 Å². The van der Waals surface area contributed by atoms with Crippen molar-refractivity contribution in [1.82, 2.24) is 4.98 Å². The molecule has 0 aliphatic carbocycles. The lowest BCUT2D eigenvalue weighted by Crippen LogP contribution is -2.14. The number of hydrogen-bond acceptors (Lipinski definition) is 3. The van der Waals surface area contributed by atoms with E-state index in [4.69, 9.17) is 5.11 Å². The predicted octanol–water partition coefficient (Wildman–Crippen LogP) is 2.48. The number of rotatable bonds is 3. The molecule has 0 radical (unpaired) electrons. The third kappa shape index (κ3) is 2.97. The summed E-state index contributed by atoms with van der Waals surface area (Å²) in [4.78, 5) is 26.4. The first-order valence-corrected chi connectivity index (χ1v) is 5.74. The van der Waals surface area contributed by atoms with E-state index in [-0.39, 0.29) is 11.3 Å². The molecule has 2 aromatic rings. The predicted molar refractivity (Wildman–Crippen MR) is 70.3 cm³/mol. The summed E-state index contributed by atoms with van der Waals surface area (Å²) in [6.07, 6.45) is 1.23. The first-order chi connectivity index (χ1) is 9.47. The van der Waals surface area contributed by atoms with Gasteiger partial charge < -0.3 is 10.4 Å². The molecule has 0 spiro atoms. The second kappa shape index (κ2) is 5.48. The van der Waals surface area contributed by atoms with E-state index >= 15 is 0 Å². The molecule has 0 aliphatic rings. The number of amides is 1. The van der Waals surface area contributed by atoms with Crippen molar-refractivity contribution in [2.75, 3.05) is 5.32 Å². The van der Waals surface area contributed by atoms with Crippen LogP contribution in [-0.2, 0) is 0 Å². The molecule has 0 bridgehead atoms. The Morgan fingerprint density at radius 3 is 2.70 bits per heavy atom. The lowest BCUT2D eigenvalue weighted by molar-refractivity contribution is 0.0690. The van der Waals surface area contributed by atoms with E-state index in [1.54, 1.807) is 13.0 Å². The summed E-state index contributed by atoms with van der Waals surface area (Å²) in [5.74, 6) is -2.21. The zero-order valence-corrected chi connectivity index (χ0v) is 10.6. The highest BCUT2D eigenvalue weighted by atomic mass is 19.1. The standard InChI is InChI=1S/C14H11FN2O3/c1-8-2-3-10(15)7-11(8)17-13(18)9-4-5-16-12(6-9)14(19)20/h2-7H,1H3,(H,17,18)(H,19,20). The van der Waals surface area contributed by atoms with Crippen LogP contribution in [0.5, 0.6) is 0 Å². The summed E-state index contributed by atoms with van der Waals surface area (Å²) in [5, 5.41) is 11.4. The van der Waals surface area contributed by atoms with Gasteiger partial charge >= 0.3 is 5.97 Å². The highest BCUT2D eigenvalue weighted by Crippen LogP contribution is 2.17. The molecular weight excluding hydrogens is 263 g/mol. The monoisotopic (exact) mass is 274 g/mol. The molecule has 2 rings (SSSR count). The number of hydrogen-bond donors (Lipinski definition) is 2. The van der Waals surface area contributed by atoms with Gasteiger partial charge in [-0.05, 0) is 36.8 Å². The fourth-order valence-corrected chi connectivity index (χ4v) is 1.61. The van der Waals surface area contributed by atoms with E-state index in [0.717, 1.165) is 6.07 Å². The quantitative estimate of drug-likeness (QED) is 0.901. The van der Waals surface area contributed by atoms with Gasteiger partial charge in [0.05, 0.1) is 0 Å². The Balaban J connectivity index is 2.26. The summed E-state index contributed by atoms with van der Waals surface area (Å²) in [5.41, 5.74) is 0.950. The molecule has 0 fully saturated rings. The molecule has 0 atom stereocenters. The van der Waals surface area contributed by atoms with Crippen molar-refractivity contribution in [2.45, 2.75) is 6.92 Å². The first-order valence-electron chi connectivity index (χ1n) is 5.74. The molecule has 0 aliphatic heterocycles. The molecule has 20 heavy (non-hydrogen) atoms. The molecule has 1 aromatic heterocycles. The zero-order chi connectivity index (χ0) is 14.7. The highest BCUT2D eigenvalue weighted by Gasteiger charge is 2.12. The number of aryl methyl sites for hydroxylation is 1. The second-order valence-electron chi connectivity index (χ2n) is 4.15. The zero-order valence-electron chi connectivity index (χ0n) is 10.6. The Labute approximate surface area is 114 Å². The molecule has 0 saturated heterocycles. The number of carbonyl (C=O) groups is 2. The molecule has 1 aromatic carbocycles. The van der Waals surface area contributed by atoms with E-state index in [1.165, 1.54) is 24.4 Å². The van der Waals surface area contributed by atoms with Crippen LogP contribution in [0.4, 0.5) is 10.1 Å². The Hall–Kier alpha value is -2.76. The van der Waals surface area contributed by atoms with Crippen LogP contribution in [0.2, 0.25) is 0 Å². The number of halogens is 1. The van der Waals surface area contributed by atoms with Gasteiger partial charge in [-0.1, -0.05) is 6.07 Å². The minimum Gasteiger partial charge on any atom is -0.477 e. The number of pyridine rings is 1. The Morgan fingerprint density at radius 2 is 2.00 bits per heavy atom. The summed E-state index contributed by atoms with van der Waals surface area (Å²) >= 11 is 0. The number of nitrogens with one attached hydrogen (secondary N) is 1. The van der Waals surface area contributed by atoms with E-state index < -0.39 is 17.7 Å². The van der Waals surface area contributed by atoms with Crippen molar-refractivity contribution in [3.63, 3.8) is 0 Å². The van der Waals surface area contributed by atoms with Crippen LogP contribution >= 0.6 is 0 Å². The summed E-state index contributed by atoms with van der Waals surface area (Å²) in [6, 6.07) is 6.58. The lowest BCUT2D eigenvalue weighted by Gasteiger charge is -2.08. The van der Waals surface area contributed by atoms with Gasteiger partial charge in [0, 0.05) is 17.4 Å². The molecule has 6 heteroatoms. The molecule has 1 heterocycles. The molecule has 0 saturated carbocycles. The van der Waals surface area contributed by atoms with E-state index in [0.29, 0.717) is 11.3 Å². The smallest absolute Gasteiger partial charge is 0.354 e. The SMILES string of the molecule is Cc1ccc(F)cc1NC(=O)c1ccnc(C(=O)O)c1. The van der Waals surface area contributed by atoms with E-state index in [1.807, 2.05) is 0 Å². The maximum atomic E-state index is 13.1. The van der Waals surface area contributed by atoms with Gasteiger partial charge in [0.1, 0.15) is 11.5 Å². The number of anilines is 1. The number of benzene rings is 1. The average molecular weight is 274 g/mol. The van der Waals surface area contributed by atoms with Crippen molar-refractivity contribution in [2.24, 2.45) is 0 Å². The molecular formula is C14H11FN2O3. The van der Waals surface area contributed by atoms with Gasteiger partial charge in [-0.3, -0.25) is 4.79 Å². The minimum atomic E-state index is -1.22. The minimum absolute atomic E-state index is 0.140. The van der Waals surface area contributed by atoms with Crippen LogP contribution in [0.1, 0.15) is 26.4 Å². The van der Waals surface area contributed by atoms with Crippen LogP contribution in [0, 0.1) is 12.7 Å². The molecule has 2 N–H and O–H groups in total. The van der Waals surface area contributed by atoms with Crippen molar-refractivity contribution in [1.29, 1.82) is 0 Å². The van der Waals surface area contributed by atoms with Gasteiger partial charge in [-0.25, -0.2) is 14.2 Å². The summed E-state index contributed by atoms with van der Waals surface area (Å²) in [7, 11) is 0. The highest BCUT2D eigenvalue weighted by molar-refractivity contribution is 6.05. The number of aromatic carboxylic acids is 1. The normalized spacial score (nSPS) is 10.1. The topological polar surface area (TPSA) is 79.3 Å². The molecule has 0 unspecified atom stereocenters. The number of nitrogens with zero attached hydrogens (tertiary/aromatic N) is 1. The number of carboxylic acids is 1. The van der Waals surface area contributed by atoms with Crippen LogP contribution in [0.3, 0.4) is 0 Å². The van der Waals surface area contributed by atoms with Crippen molar-refractivity contribution < 1.29 is 19.1 Å². The fourth-order valence-electron chi connectivity index (χ4n) is 1.61. The van der Waals surface area contributed by atoms with Crippen molar-refractivity contribution in [3.05, 3.63) is 59.2 Å². The van der Waals surface area contributed by atoms with Crippen LogP contribution in [0.15, 0.2) is 36.5 Å². The second-order valence-corrected chi connectivity index (χ2v) is 4.15. The van der Waals surface area contributed by atoms with Crippen LogP contribution < -0.4 is 5.32 Å².